The fraction of sp³-hybridized carbons (Fsp3) is 0.0769. The first-order valence-corrected chi connectivity index (χ1v) is 5.99. The molecule has 19 heavy (non-hydrogen) atoms. The van der Waals surface area contributed by atoms with Crippen molar-refractivity contribution in [3.63, 3.8) is 0 Å². The van der Waals surface area contributed by atoms with Gasteiger partial charge >= 0.3 is 0 Å². The van der Waals surface area contributed by atoms with Crippen LogP contribution >= 0.6 is 11.8 Å². The summed E-state index contributed by atoms with van der Waals surface area (Å²) in [6.45, 7) is 1.75. The molecular weight excluding hydrogens is 283 g/mol. The Hall–Kier alpha value is -1.56. The molecule has 2 aromatic carbocycles. The molecule has 0 amide bonds. The van der Waals surface area contributed by atoms with Crippen LogP contribution in [0.5, 0.6) is 0 Å². The molecule has 100 valence electrons. The van der Waals surface area contributed by atoms with Crippen LogP contribution in [-0.2, 0) is 0 Å². The predicted octanol–water partition coefficient (Wildman–Crippen LogP) is 4.84. The monoisotopic (exact) mass is 290 g/mol. The van der Waals surface area contributed by atoms with E-state index in [1.165, 1.54) is 6.07 Å². The smallest absolute Gasteiger partial charge is 0.200 e. The van der Waals surface area contributed by atoms with Crippen LogP contribution in [0.3, 0.4) is 0 Å². The molecule has 0 saturated heterocycles. The fourth-order valence-electron chi connectivity index (χ4n) is 1.47. The van der Waals surface area contributed by atoms with Crippen LogP contribution in [0.1, 0.15) is 5.56 Å². The molecule has 0 saturated carbocycles. The van der Waals surface area contributed by atoms with Gasteiger partial charge in [-0.3, -0.25) is 0 Å². The highest BCUT2D eigenvalue weighted by atomic mass is 32.2. The van der Waals surface area contributed by atoms with Crippen LogP contribution in [0.2, 0.25) is 0 Å². The number of hydrogen-bond acceptors (Lipinski definition) is 1. The molecule has 0 nitrogen and oxygen atoms in total. The van der Waals surface area contributed by atoms with Gasteiger partial charge in [-0.2, -0.15) is 0 Å². The van der Waals surface area contributed by atoms with Crippen LogP contribution < -0.4 is 0 Å². The Balaban J connectivity index is 2.52. The molecule has 2 rings (SSSR count). The molecule has 0 unspecified atom stereocenters. The summed E-state index contributed by atoms with van der Waals surface area (Å²) in [4.78, 5) is -0.509. The van der Waals surface area contributed by atoms with Crippen LogP contribution in [-0.4, -0.2) is 0 Å². The molecule has 0 heterocycles. The molecule has 0 aromatic heterocycles. The van der Waals surface area contributed by atoms with Crippen LogP contribution in [0, 0.1) is 36.0 Å². The highest BCUT2D eigenvalue weighted by molar-refractivity contribution is 7.99. The van der Waals surface area contributed by atoms with Gasteiger partial charge in [0.05, 0.1) is 4.90 Å². The van der Waals surface area contributed by atoms with E-state index in [0.717, 1.165) is 5.56 Å². The van der Waals surface area contributed by atoms with Gasteiger partial charge in [0.2, 0.25) is 5.82 Å². The summed E-state index contributed by atoms with van der Waals surface area (Å²) in [5.74, 6) is -9.66. The Labute approximate surface area is 110 Å². The minimum atomic E-state index is -2.15. The number of benzene rings is 2. The second-order valence-electron chi connectivity index (χ2n) is 3.82. The molecule has 2 aromatic rings. The molecule has 0 spiro atoms. The summed E-state index contributed by atoms with van der Waals surface area (Å²) in [6, 6.07) is 6.49. The zero-order valence-corrected chi connectivity index (χ0v) is 10.4. The Bertz CT molecular complexity index is 610. The Morgan fingerprint density at radius 1 is 0.789 bits per heavy atom. The van der Waals surface area contributed by atoms with Gasteiger partial charge in [-0.05, 0) is 19.1 Å². The average Bonchev–Trinajstić information content (AvgIpc) is 2.39. The van der Waals surface area contributed by atoms with Crippen LogP contribution in [0.15, 0.2) is 34.1 Å². The second kappa shape index (κ2) is 5.21. The van der Waals surface area contributed by atoms with Gasteiger partial charge in [-0.15, -0.1) is 0 Å². The largest absolute Gasteiger partial charge is 0.202 e. The lowest BCUT2D eigenvalue weighted by molar-refractivity contribution is 0.361. The van der Waals surface area contributed by atoms with E-state index in [1.54, 1.807) is 25.1 Å². The molecule has 6 heteroatoms. The Kier molecular flexibility index (Phi) is 3.80. The quantitative estimate of drug-likeness (QED) is 0.433. The summed E-state index contributed by atoms with van der Waals surface area (Å²) in [7, 11) is 0. The topological polar surface area (TPSA) is 0 Å². The van der Waals surface area contributed by atoms with Crippen molar-refractivity contribution in [3.05, 3.63) is 58.9 Å². The van der Waals surface area contributed by atoms with Gasteiger partial charge in [0, 0.05) is 4.90 Å². The SMILES string of the molecule is Cc1cccc(Sc2c(F)c(F)c(F)c(F)c2F)c1. The molecule has 0 aliphatic carbocycles. The molecule has 0 aliphatic heterocycles. The summed E-state index contributed by atoms with van der Waals surface area (Å²) in [6.07, 6.45) is 0. The van der Waals surface area contributed by atoms with Crippen LogP contribution in [0.4, 0.5) is 22.0 Å². The van der Waals surface area contributed by atoms with Crippen molar-refractivity contribution in [1.29, 1.82) is 0 Å². The third-order valence-corrected chi connectivity index (χ3v) is 3.43. The zero-order chi connectivity index (χ0) is 14.2. The van der Waals surface area contributed by atoms with E-state index in [0.29, 0.717) is 16.7 Å². The molecule has 0 bridgehead atoms. The molecule has 0 N–H and O–H groups in total. The minimum absolute atomic E-state index is 0.392. The van der Waals surface area contributed by atoms with E-state index in [1.807, 2.05) is 0 Å². The molecule has 0 fully saturated rings. The Morgan fingerprint density at radius 2 is 1.32 bits per heavy atom. The summed E-state index contributed by atoms with van der Waals surface area (Å²) in [5.41, 5.74) is 0.814. The van der Waals surface area contributed by atoms with E-state index >= 15 is 0 Å². The lowest BCUT2D eigenvalue weighted by Crippen LogP contribution is -2.03. The van der Waals surface area contributed by atoms with Crippen molar-refractivity contribution in [1.82, 2.24) is 0 Å². The maximum absolute atomic E-state index is 13.4. The Morgan fingerprint density at radius 3 is 1.84 bits per heavy atom. The first-order valence-electron chi connectivity index (χ1n) is 5.17. The van der Waals surface area contributed by atoms with Crippen molar-refractivity contribution in [2.75, 3.05) is 0 Å². The highest BCUT2D eigenvalue weighted by Gasteiger charge is 2.26. The van der Waals surface area contributed by atoms with Gasteiger partial charge < -0.3 is 0 Å². The predicted molar refractivity (Wildman–Crippen MR) is 61.5 cm³/mol. The molecule has 0 aliphatic rings. The highest BCUT2D eigenvalue weighted by Crippen LogP contribution is 2.35. The molecule has 0 radical (unpaired) electrons. The maximum atomic E-state index is 13.4. The molecule has 0 atom stereocenters. The third kappa shape index (κ3) is 2.58. The fourth-order valence-corrected chi connectivity index (χ4v) is 2.46. The maximum Gasteiger partial charge on any atom is 0.200 e. The number of halogens is 5. The first-order chi connectivity index (χ1) is 8.91. The van der Waals surface area contributed by atoms with E-state index in [4.69, 9.17) is 0 Å². The lowest BCUT2D eigenvalue weighted by atomic mass is 10.2. The minimum Gasteiger partial charge on any atom is -0.202 e. The average molecular weight is 290 g/mol. The number of aryl methyl sites for hydroxylation is 1. The third-order valence-electron chi connectivity index (χ3n) is 2.38. The summed E-state index contributed by atoms with van der Waals surface area (Å²) in [5, 5.41) is 0. The van der Waals surface area contributed by atoms with Gasteiger partial charge in [0.15, 0.2) is 23.3 Å². The van der Waals surface area contributed by atoms with E-state index in [2.05, 4.69) is 0 Å². The normalized spacial score (nSPS) is 10.8. The van der Waals surface area contributed by atoms with Crippen molar-refractivity contribution in [2.45, 2.75) is 16.7 Å². The summed E-state index contributed by atoms with van der Waals surface area (Å²) < 4.78 is 65.8. The zero-order valence-electron chi connectivity index (χ0n) is 9.61. The van der Waals surface area contributed by atoms with E-state index in [9.17, 15) is 22.0 Å². The number of rotatable bonds is 2. The van der Waals surface area contributed by atoms with Crippen molar-refractivity contribution < 1.29 is 22.0 Å². The first kappa shape index (κ1) is 13.9. The standard InChI is InChI=1S/C13H7F5S/c1-6-3-2-4-7(5-6)19-13-11(17)9(15)8(14)10(16)12(13)18/h2-5H,1H3. The second-order valence-corrected chi connectivity index (χ2v) is 4.90. The number of hydrogen-bond donors (Lipinski definition) is 0. The van der Waals surface area contributed by atoms with Gasteiger partial charge in [-0.1, -0.05) is 29.5 Å². The summed E-state index contributed by atoms with van der Waals surface area (Å²) >= 11 is 0.495. The molecular formula is C13H7F5S. The van der Waals surface area contributed by atoms with Gasteiger partial charge in [0.25, 0.3) is 0 Å². The van der Waals surface area contributed by atoms with Gasteiger partial charge in [0.1, 0.15) is 0 Å². The van der Waals surface area contributed by atoms with Crippen molar-refractivity contribution >= 4 is 11.8 Å². The van der Waals surface area contributed by atoms with Crippen molar-refractivity contribution in [3.8, 4) is 0 Å². The van der Waals surface area contributed by atoms with E-state index < -0.39 is 34.0 Å². The van der Waals surface area contributed by atoms with Crippen LogP contribution in [0.25, 0.3) is 0 Å². The van der Waals surface area contributed by atoms with Crippen molar-refractivity contribution in [2.24, 2.45) is 0 Å². The lowest BCUT2D eigenvalue weighted by Gasteiger charge is -2.08. The van der Waals surface area contributed by atoms with Gasteiger partial charge in [-0.25, -0.2) is 22.0 Å². The van der Waals surface area contributed by atoms with E-state index in [-0.39, 0.29) is 0 Å².